The second kappa shape index (κ2) is 6.02. The Hall–Kier alpha value is -1.62. The molecule has 1 fully saturated rings. The van der Waals surface area contributed by atoms with Gasteiger partial charge >= 0.3 is 5.97 Å². The van der Waals surface area contributed by atoms with E-state index >= 15 is 0 Å². The van der Waals surface area contributed by atoms with Crippen LogP contribution < -0.4 is 0 Å². The van der Waals surface area contributed by atoms with Crippen LogP contribution in [0.4, 0.5) is 0 Å². The highest BCUT2D eigenvalue weighted by Crippen LogP contribution is 2.30. The smallest absolute Gasteiger partial charge is 0.372 e. The van der Waals surface area contributed by atoms with E-state index in [2.05, 4.69) is 0 Å². The molecule has 1 heterocycles. The van der Waals surface area contributed by atoms with E-state index in [0.29, 0.717) is 11.1 Å². The van der Waals surface area contributed by atoms with Gasteiger partial charge in [0.05, 0.1) is 5.75 Å². The fourth-order valence-corrected chi connectivity index (χ4v) is 4.67. The first kappa shape index (κ1) is 14.3. The van der Waals surface area contributed by atoms with Gasteiger partial charge in [-0.05, 0) is 18.9 Å². The number of rotatable bonds is 4. The van der Waals surface area contributed by atoms with Crippen LogP contribution >= 0.6 is 0 Å². The van der Waals surface area contributed by atoms with Gasteiger partial charge in [-0.1, -0.05) is 37.5 Å². The molecule has 5 heteroatoms. The topological polar surface area (TPSA) is 67.5 Å². The van der Waals surface area contributed by atoms with E-state index < -0.39 is 16.8 Å². The molecule has 0 amide bonds. The van der Waals surface area contributed by atoms with E-state index in [1.165, 1.54) is 6.42 Å². The SMILES string of the molecule is O=C(O)c1oc2ccccc2c1CS(=O)C1CCCCC1. The molecule has 0 saturated heterocycles. The molecule has 1 aliphatic rings. The molecule has 3 rings (SSSR count). The third-order valence-electron chi connectivity index (χ3n) is 4.10. The zero-order chi connectivity index (χ0) is 14.8. The van der Waals surface area contributed by atoms with Gasteiger partial charge in [-0.3, -0.25) is 4.21 Å². The maximum absolute atomic E-state index is 12.6. The normalized spacial score (nSPS) is 17.9. The lowest BCUT2D eigenvalue weighted by Crippen LogP contribution is -2.20. The van der Waals surface area contributed by atoms with Crippen LogP contribution in [0.5, 0.6) is 0 Å². The molecular formula is C16H18O4S. The van der Waals surface area contributed by atoms with Crippen molar-refractivity contribution < 1.29 is 18.5 Å². The number of benzene rings is 1. The largest absolute Gasteiger partial charge is 0.475 e. The molecule has 21 heavy (non-hydrogen) atoms. The van der Waals surface area contributed by atoms with Gasteiger partial charge in [0.25, 0.3) is 0 Å². The Bertz CT molecular complexity index is 683. The Morgan fingerprint density at radius 3 is 2.67 bits per heavy atom. The summed E-state index contributed by atoms with van der Waals surface area (Å²) in [6.45, 7) is 0. The number of furan rings is 1. The molecule has 1 unspecified atom stereocenters. The molecule has 0 radical (unpaired) electrons. The van der Waals surface area contributed by atoms with E-state index in [1.807, 2.05) is 12.1 Å². The Morgan fingerprint density at radius 1 is 1.24 bits per heavy atom. The second-order valence-corrected chi connectivity index (χ2v) is 7.21. The minimum absolute atomic E-state index is 0.0691. The van der Waals surface area contributed by atoms with Crippen LogP contribution in [0.15, 0.2) is 28.7 Å². The zero-order valence-electron chi connectivity index (χ0n) is 11.7. The molecule has 4 nitrogen and oxygen atoms in total. The van der Waals surface area contributed by atoms with Crippen molar-refractivity contribution in [1.29, 1.82) is 0 Å². The summed E-state index contributed by atoms with van der Waals surface area (Å²) in [6, 6.07) is 7.23. The fourth-order valence-electron chi connectivity index (χ4n) is 3.00. The van der Waals surface area contributed by atoms with Crippen LogP contribution in [-0.4, -0.2) is 20.5 Å². The molecule has 0 bridgehead atoms. The van der Waals surface area contributed by atoms with Gasteiger partial charge in [0.15, 0.2) is 0 Å². The molecule has 0 aliphatic heterocycles. The maximum atomic E-state index is 12.6. The van der Waals surface area contributed by atoms with Gasteiger partial charge in [-0.15, -0.1) is 0 Å². The van der Waals surface area contributed by atoms with Crippen molar-refractivity contribution in [3.05, 3.63) is 35.6 Å². The van der Waals surface area contributed by atoms with Crippen molar-refractivity contribution in [2.45, 2.75) is 43.1 Å². The van der Waals surface area contributed by atoms with E-state index in [4.69, 9.17) is 4.42 Å². The second-order valence-electron chi connectivity index (χ2n) is 5.50. The lowest BCUT2D eigenvalue weighted by atomic mass is 10.0. The van der Waals surface area contributed by atoms with Crippen molar-refractivity contribution in [2.24, 2.45) is 0 Å². The van der Waals surface area contributed by atoms with Crippen LogP contribution in [-0.2, 0) is 16.6 Å². The average Bonchev–Trinajstić information content (AvgIpc) is 2.87. The third-order valence-corrected chi connectivity index (χ3v) is 5.89. The highest BCUT2D eigenvalue weighted by atomic mass is 32.2. The molecule has 1 saturated carbocycles. The van der Waals surface area contributed by atoms with Gasteiger partial charge < -0.3 is 9.52 Å². The molecule has 1 N–H and O–H groups in total. The molecule has 0 spiro atoms. The molecule has 1 atom stereocenters. The predicted octanol–water partition coefficient (Wildman–Crippen LogP) is 3.71. The summed E-state index contributed by atoms with van der Waals surface area (Å²) in [5, 5.41) is 10.2. The lowest BCUT2D eigenvalue weighted by Gasteiger charge is -2.20. The summed E-state index contributed by atoms with van der Waals surface area (Å²) < 4.78 is 18.0. The summed E-state index contributed by atoms with van der Waals surface area (Å²) in [5.41, 5.74) is 1.12. The quantitative estimate of drug-likeness (QED) is 0.935. The summed E-state index contributed by atoms with van der Waals surface area (Å²) in [4.78, 5) is 11.4. The number of para-hydroxylation sites is 1. The van der Waals surface area contributed by atoms with Gasteiger partial charge in [-0.2, -0.15) is 0 Å². The predicted molar refractivity (Wildman–Crippen MR) is 81.9 cm³/mol. The van der Waals surface area contributed by atoms with E-state index in [-0.39, 0.29) is 16.8 Å². The fraction of sp³-hybridized carbons (Fsp3) is 0.438. The van der Waals surface area contributed by atoms with Crippen LogP contribution in [0, 0.1) is 0 Å². The molecular weight excluding hydrogens is 288 g/mol. The van der Waals surface area contributed by atoms with Gasteiger partial charge in [0.2, 0.25) is 5.76 Å². The molecule has 1 aliphatic carbocycles. The minimum atomic E-state index is -1.10. The Labute approximate surface area is 125 Å². The average molecular weight is 306 g/mol. The van der Waals surface area contributed by atoms with Crippen molar-refractivity contribution in [2.75, 3.05) is 0 Å². The first-order chi connectivity index (χ1) is 10.2. The first-order valence-electron chi connectivity index (χ1n) is 7.27. The van der Waals surface area contributed by atoms with Crippen LogP contribution in [0.1, 0.15) is 48.2 Å². The number of aromatic carboxylic acids is 1. The lowest BCUT2D eigenvalue weighted by molar-refractivity contribution is 0.0664. The monoisotopic (exact) mass is 306 g/mol. The molecule has 2 aromatic rings. The number of hydrogen-bond acceptors (Lipinski definition) is 3. The van der Waals surface area contributed by atoms with Crippen LogP contribution in [0.3, 0.4) is 0 Å². The van der Waals surface area contributed by atoms with Crippen molar-refractivity contribution in [1.82, 2.24) is 0 Å². The number of carbonyl (C=O) groups is 1. The zero-order valence-corrected chi connectivity index (χ0v) is 12.5. The number of hydrogen-bond donors (Lipinski definition) is 1. The number of carboxylic acid groups (broad SMARTS) is 1. The van der Waals surface area contributed by atoms with Crippen LogP contribution in [0.2, 0.25) is 0 Å². The Balaban J connectivity index is 1.93. The number of fused-ring (bicyclic) bond motifs is 1. The van der Waals surface area contributed by atoms with Gasteiger partial charge in [0, 0.05) is 27.0 Å². The molecule has 1 aromatic carbocycles. The standard InChI is InChI=1S/C16H18O4S/c17-16(18)15-13(12-8-4-5-9-14(12)20-15)10-21(19)11-6-2-1-3-7-11/h4-5,8-9,11H,1-3,6-7,10H2,(H,17,18). The third kappa shape index (κ3) is 2.88. The Kier molecular flexibility index (Phi) is 4.10. The van der Waals surface area contributed by atoms with E-state index in [1.54, 1.807) is 12.1 Å². The van der Waals surface area contributed by atoms with Gasteiger partial charge in [0.1, 0.15) is 5.58 Å². The number of carboxylic acids is 1. The summed E-state index contributed by atoms with van der Waals surface area (Å²) in [7, 11) is -1.04. The van der Waals surface area contributed by atoms with Crippen LogP contribution in [0.25, 0.3) is 11.0 Å². The van der Waals surface area contributed by atoms with E-state index in [0.717, 1.165) is 31.1 Å². The van der Waals surface area contributed by atoms with Crippen molar-refractivity contribution >= 4 is 27.7 Å². The molecule has 112 valence electrons. The van der Waals surface area contributed by atoms with Gasteiger partial charge in [-0.25, -0.2) is 4.79 Å². The highest BCUT2D eigenvalue weighted by Gasteiger charge is 2.25. The maximum Gasteiger partial charge on any atom is 0.372 e. The summed E-state index contributed by atoms with van der Waals surface area (Å²) >= 11 is 0. The summed E-state index contributed by atoms with van der Waals surface area (Å²) in [6.07, 6.45) is 5.40. The minimum Gasteiger partial charge on any atom is -0.475 e. The first-order valence-corrected chi connectivity index (χ1v) is 8.66. The van der Waals surface area contributed by atoms with Crippen molar-refractivity contribution in [3.63, 3.8) is 0 Å². The van der Waals surface area contributed by atoms with Crippen molar-refractivity contribution in [3.8, 4) is 0 Å². The van der Waals surface area contributed by atoms with E-state index in [9.17, 15) is 14.1 Å². The summed E-state index contributed by atoms with van der Waals surface area (Å²) in [5.74, 6) is -0.897. The molecule has 1 aromatic heterocycles. The Morgan fingerprint density at radius 2 is 1.95 bits per heavy atom. The highest BCUT2D eigenvalue weighted by molar-refractivity contribution is 7.84.